The maximum atomic E-state index is 12.0. The number of methoxy groups -OCH3 is 2. The highest BCUT2D eigenvalue weighted by molar-refractivity contribution is 7.99. The molecule has 0 saturated carbocycles. The summed E-state index contributed by atoms with van der Waals surface area (Å²) in [5, 5.41) is 10.2. The molecular weight excluding hydrogens is 354 g/mol. The lowest BCUT2D eigenvalue weighted by Gasteiger charge is -2.06. The Morgan fingerprint density at radius 1 is 1.23 bits per heavy atom. The standard InChI is InChI=1S/C17H17N5O3S/c1-24-13-6-11(7-14(8-13)25-2)16-20-17(22-21-16)26-10-15(23)19-12-4-3-5-18-9-12/h3-9H,10H2,1-2H3,(H,19,23)(H,20,21,22). The number of nitrogens with zero attached hydrogens (tertiary/aromatic N) is 3. The van der Waals surface area contributed by atoms with Gasteiger partial charge in [-0.3, -0.25) is 14.9 Å². The number of H-pyrrole nitrogens is 1. The first-order chi connectivity index (χ1) is 12.7. The van der Waals surface area contributed by atoms with Gasteiger partial charge in [-0.25, -0.2) is 4.98 Å². The molecular formula is C17H17N5O3S. The molecule has 0 spiro atoms. The maximum Gasteiger partial charge on any atom is 0.234 e. The highest BCUT2D eigenvalue weighted by atomic mass is 32.2. The Morgan fingerprint density at radius 3 is 2.65 bits per heavy atom. The normalized spacial score (nSPS) is 10.4. The van der Waals surface area contributed by atoms with Crippen LogP contribution in [0.3, 0.4) is 0 Å². The Labute approximate surface area is 154 Å². The minimum absolute atomic E-state index is 0.155. The predicted molar refractivity (Wildman–Crippen MR) is 98.5 cm³/mol. The summed E-state index contributed by atoms with van der Waals surface area (Å²) in [6.45, 7) is 0. The molecule has 0 aliphatic carbocycles. The largest absolute Gasteiger partial charge is 0.497 e. The Balaban J connectivity index is 1.64. The first-order valence-electron chi connectivity index (χ1n) is 7.66. The van der Waals surface area contributed by atoms with Crippen LogP contribution in [0.25, 0.3) is 11.4 Å². The van der Waals surface area contributed by atoms with E-state index < -0.39 is 0 Å². The lowest BCUT2D eigenvalue weighted by atomic mass is 10.2. The smallest absolute Gasteiger partial charge is 0.234 e. The number of carbonyl (C=O) groups is 1. The van der Waals surface area contributed by atoms with E-state index in [2.05, 4.69) is 25.5 Å². The molecule has 9 heteroatoms. The molecule has 0 fully saturated rings. The van der Waals surface area contributed by atoms with Crippen LogP contribution >= 0.6 is 11.8 Å². The highest BCUT2D eigenvalue weighted by Crippen LogP contribution is 2.28. The molecule has 2 N–H and O–H groups in total. The van der Waals surface area contributed by atoms with E-state index in [-0.39, 0.29) is 11.7 Å². The zero-order chi connectivity index (χ0) is 18.4. The topological polar surface area (TPSA) is 102 Å². The van der Waals surface area contributed by atoms with Crippen molar-refractivity contribution in [2.24, 2.45) is 0 Å². The zero-order valence-corrected chi connectivity index (χ0v) is 15.0. The van der Waals surface area contributed by atoms with Crippen molar-refractivity contribution in [1.82, 2.24) is 20.2 Å². The number of aromatic amines is 1. The Bertz CT molecular complexity index is 863. The quantitative estimate of drug-likeness (QED) is 0.616. The van der Waals surface area contributed by atoms with Crippen molar-refractivity contribution in [3.05, 3.63) is 42.7 Å². The summed E-state index contributed by atoms with van der Waals surface area (Å²) in [7, 11) is 3.17. The Morgan fingerprint density at radius 2 is 2.00 bits per heavy atom. The number of thioether (sulfide) groups is 1. The van der Waals surface area contributed by atoms with Crippen LogP contribution in [-0.4, -0.2) is 46.0 Å². The van der Waals surface area contributed by atoms with Gasteiger partial charge < -0.3 is 14.8 Å². The second-order valence-corrected chi connectivity index (χ2v) is 6.09. The lowest BCUT2D eigenvalue weighted by molar-refractivity contribution is -0.113. The summed E-state index contributed by atoms with van der Waals surface area (Å²) in [4.78, 5) is 20.3. The third-order valence-corrected chi connectivity index (χ3v) is 4.21. The number of amides is 1. The molecule has 0 unspecified atom stereocenters. The number of rotatable bonds is 7. The lowest BCUT2D eigenvalue weighted by Crippen LogP contribution is -2.14. The minimum Gasteiger partial charge on any atom is -0.497 e. The monoisotopic (exact) mass is 371 g/mol. The van der Waals surface area contributed by atoms with Gasteiger partial charge in [-0.2, -0.15) is 0 Å². The van der Waals surface area contributed by atoms with Crippen molar-refractivity contribution >= 4 is 23.4 Å². The van der Waals surface area contributed by atoms with Crippen LogP contribution in [0.15, 0.2) is 47.9 Å². The third kappa shape index (κ3) is 4.51. The number of benzene rings is 1. The van der Waals surface area contributed by atoms with Crippen LogP contribution < -0.4 is 14.8 Å². The van der Waals surface area contributed by atoms with E-state index in [4.69, 9.17) is 9.47 Å². The molecule has 0 bridgehead atoms. The SMILES string of the molecule is COc1cc(OC)cc(-c2nc(SCC(=O)Nc3cccnc3)n[nH]2)c1. The first kappa shape index (κ1) is 17.7. The molecule has 2 aromatic heterocycles. The molecule has 0 atom stereocenters. The molecule has 0 aliphatic rings. The van der Waals surface area contributed by atoms with Gasteiger partial charge in [0, 0.05) is 17.8 Å². The Hall–Kier alpha value is -3.07. The third-order valence-electron chi connectivity index (χ3n) is 3.37. The Kier molecular flexibility index (Phi) is 5.69. The number of anilines is 1. The molecule has 26 heavy (non-hydrogen) atoms. The summed E-state index contributed by atoms with van der Waals surface area (Å²) in [6, 6.07) is 8.96. The molecule has 3 aromatic rings. The van der Waals surface area contributed by atoms with Crippen LogP contribution in [0.5, 0.6) is 11.5 Å². The van der Waals surface area contributed by atoms with Crippen LogP contribution in [0.2, 0.25) is 0 Å². The van der Waals surface area contributed by atoms with Gasteiger partial charge in [-0.1, -0.05) is 11.8 Å². The highest BCUT2D eigenvalue weighted by Gasteiger charge is 2.11. The average Bonchev–Trinajstić information content (AvgIpc) is 3.16. The average molecular weight is 371 g/mol. The summed E-state index contributed by atoms with van der Waals surface area (Å²) in [5.41, 5.74) is 1.43. The van der Waals surface area contributed by atoms with Crippen LogP contribution in [0.1, 0.15) is 0 Å². The summed E-state index contributed by atoms with van der Waals surface area (Å²) in [6.07, 6.45) is 3.23. The molecule has 0 radical (unpaired) electrons. The second-order valence-electron chi connectivity index (χ2n) is 5.15. The van der Waals surface area contributed by atoms with E-state index in [9.17, 15) is 4.79 Å². The maximum absolute atomic E-state index is 12.0. The van der Waals surface area contributed by atoms with Gasteiger partial charge in [0.1, 0.15) is 11.5 Å². The van der Waals surface area contributed by atoms with Gasteiger partial charge in [0.15, 0.2) is 5.82 Å². The van der Waals surface area contributed by atoms with E-state index in [1.54, 1.807) is 44.8 Å². The van der Waals surface area contributed by atoms with Crippen molar-refractivity contribution in [2.45, 2.75) is 5.16 Å². The molecule has 134 valence electrons. The zero-order valence-electron chi connectivity index (χ0n) is 14.2. The van der Waals surface area contributed by atoms with Gasteiger partial charge >= 0.3 is 0 Å². The second kappa shape index (κ2) is 8.34. The van der Waals surface area contributed by atoms with Crippen molar-refractivity contribution in [3.8, 4) is 22.9 Å². The molecule has 1 amide bonds. The number of ether oxygens (including phenoxy) is 2. The fourth-order valence-corrected chi connectivity index (χ4v) is 2.75. The summed E-state index contributed by atoms with van der Waals surface area (Å²) >= 11 is 1.23. The molecule has 8 nitrogen and oxygen atoms in total. The van der Waals surface area contributed by atoms with Gasteiger partial charge in [-0.15, -0.1) is 5.10 Å². The van der Waals surface area contributed by atoms with E-state index in [1.807, 2.05) is 12.1 Å². The van der Waals surface area contributed by atoms with Crippen molar-refractivity contribution in [2.75, 3.05) is 25.3 Å². The molecule has 3 rings (SSSR count). The summed E-state index contributed by atoms with van der Waals surface area (Å²) in [5.74, 6) is 1.91. The molecule has 0 aliphatic heterocycles. The number of pyridine rings is 1. The van der Waals surface area contributed by atoms with Crippen LogP contribution in [0.4, 0.5) is 5.69 Å². The van der Waals surface area contributed by atoms with Crippen molar-refractivity contribution in [3.63, 3.8) is 0 Å². The molecule has 1 aromatic carbocycles. The summed E-state index contributed by atoms with van der Waals surface area (Å²) < 4.78 is 10.5. The van der Waals surface area contributed by atoms with Crippen molar-refractivity contribution < 1.29 is 14.3 Å². The van der Waals surface area contributed by atoms with Gasteiger partial charge in [-0.05, 0) is 24.3 Å². The molecule has 0 saturated heterocycles. The number of nitrogens with one attached hydrogen (secondary N) is 2. The van der Waals surface area contributed by atoms with E-state index >= 15 is 0 Å². The molecule has 2 heterocycles. The van der Waals surface area contributed by atoms with Gasteiger partial charge in [0.25, 0.3) is 0 Å². The van der Waals surface area contributed by atoms with Crippen LogP contribution in [-0.2, 0) is 4.79 Å². The number of carbonyl (C=O) groups excluding carboxylic acids is 1. The fraction of sp³-hybridized carbons (Fsp3) is 0.176. The minimum atomic E-state index is -0.155. The van der Waals surface area contributed by atoms with Crippen molar-refractivity contribution in [1.29, 1.82) is 0 Å². The first-order valence-corrected chi connectivity index (χ1v) is 8.65. The van der Waals surface area contributed by atoms with E-state index in [1.165, 1.54) is 11.8 Å². The van der Waals surface area contributed by atoms with Gasteiger partial charge in [0.2, 0.25) is 11.1 Å². The van der Waals surface area contributed by atoms with E-state index in [0.29, 0.717) is 28.2 Å². The van der Waals surface area contributed by atoms with Crippen LogP contribution in [0, 0.1) is 0 Å². The predicted octanol–water partition coefficient (Wildman–Crippen LogP) is 2.61. The number of aromatic nitrogens is 4. The van der Waals surface area contributed by atoms with Gasteiger partial charge in [0.05, 0.1) is 31.9 Å². The number of hydrogen-bond donors (Lipinski definition) is 2. The fourth-order valence-electron chi connectivity index (χ4n) is 2.15. The van der Waals surface area contributed by atoms with E-state index in [0.717, 1.165) is 5.56 Å². The number of hydrogen-bond acceptors (Lipinski definition) is 7.